The van der Waals surface area contributed by atoms with Crippen LogP contribution in [-0.2, 0) is 4.79 Å². The van der Waals surface area contributed by atoms with Crippen LogP contribution in [0.15, 0.2) is 12.3 Å². The highest BCUT2D eigenvalue weighted by Gasteiger charge is 2.35. The first kappa shape index (κ1) is 15.2. The third kappa shape index (κ3) is 3.66. The van der Waals surface area contributed by atoms with E-state index in [1.54, 1.807) is 0 Å². The molecule has 0 aliphatic heterocycles. The molecular weight excluding hydrogens is 302 g/mol. The summed E-state index contributed by atoms with van der Waals surface area (Å²) in [4.78, 5) is 38.3. The molecule has 1 aromatic heterocycles. The van der Waals surface area contributed by atoms with E-state index in [1.165, 1.54) is 4.90 Å². The van der Waals surface area contributed by atoms with Crippen LogP contribution < -0.4 is 0 Å². The predicted octanol–water partition coefficient (Wildman–Crippen LogP) is 1.72. The molecule has 0 radical (unpaired) electrons. The summed E-state index contributed by atoms with van der Waals surface area (Å²) in [7, 11) is 0. The molecule has 0 atom stereocenters. The number of carbonyl (C=O) groups excluding carboxylic acids is 1. The smallest absolute Gasteiger partial charge is 0.305 e. The van der Waals surface area contributed by atoms with Gasteiger partial charge in [-0.05, 0) is 18.9 Å². The van der Waals surface area contributed by atoms with Gasteiger partial charge >= 0.3 is 5.97 Å². The summed E-state index contributed by atoms with van der Waals surface area (Å²) >= 11 is 5.69. The summed E-state index contributed by atoms with van der Waals surface area (Å²) in [6, 6.07) is 1.07. The zero-order valence-electron chi connectivity index (χ0n) is 10.9. The van der Waals surface area contributed by atoms with E-state index < -0.39 is 22.5 Å². The third-order valence-corrected chi connectivity index (χ3v) is 3.30. The normalized spacial score (nSPS) is 13.8. The zero-order valence-corrected chi connectivity index (χ0v) is 11.6. The van der Waals surface area contributed by atoms with Crippen molar-refractivity contribution in [2.75, 3.05) is 6.54 Å². The number of pyridine rings is 1. The molecule has 0 spiro atoms. The van der Waals surface area contributed by atoms with E-state index in [2.05, 4.69) is 4.98 Å². The number of halogens is 1. The number of aromatic nitrogens is 1. The van der Waals surface area contributed by atoms with Crippen LogP contribution in [0.4, 0.5) is 5.69 Å². The lowest BCUT2D eigenvalue weighted by Crippen LogP contribution is -2.35. The number of carboxylic acids is 1. The Morgan fingerprint density at radius 3 is 2.71 bits per heavy atom. The fourth-order valence-electron chi connectivity index (χ4n) is 1.95. The van der Waals surface area contributed by atoms with E-state index in [4.69, 9.17) is 16.7 Å². The molecule has 1 aliphatic rings. The third-order valence-electron chi connectivity index (χ3n) is 3.09. The van der Waals surface area contributed by atoms with Crippen LogP contribution in [0, 0.1) is 10.1 Å². The Labute approximate surface area is 124 Å². The Balaban J connectivity index is 2.29. The quantitative estimate of drug-likeness (QED) is 0.486. The number of amides is 1. The van der Waals surface area contributed by atoms with Crippen molar-refractivity contribution in [2.45, 2.75) is 25.3 Å². The molecule has 2 rings (SSSR count). The average molecular weight is 314 g/mol. The summed E-state index contributed by atoms with van der Waals surface area (Å²) in [5, 5.41) is 19.7. The Bertz CT molecular complexity index is 603. The number of hydrogen-bond donors (Lipinski definition) is 1. The molecule has 0 aromatic carbocycles. The zero-order chi connectivity index (χ0) is 15.6. The Hall–Kier alpha value is -2.22. The minimum absolute atomic E-state index is 0.00985. The molecule has 0 unspecified atom stereocenters. The minimum atomic E-state index is -1.03. The Morgan fingerprint density at radius 2 is 2.19 bits per heavy atom. The SMILES string of the molecule is O=C(O)CCN(C(=O)c1cc(Cl)ncc1[N+](=O)[O-])C1CC1. The lowest BCUT2D eigenvalue weighted by atomic mass is 10.2. The van der Waals surface area contributed by atoms with Crippen molar-refractivity contribution in [1.82, 2.24) is 9.88 Å². The van der Waals surface area contributed by atoms with Gasteiger partial charge in [-0.25, -0.2) is 4.98 Å². The van der Waals surface area contributed by atoms with Crippen molar-refractivity contribution in [3.8, 4) is 0 Å². The van der Waals surface area contributed by atoms with Crippen LogP contribution in [0.1, 0.15) is 29.6 Å². The van der Waals surface area contributed by atoms with Crippen molar-refractivity contribution in [2.24, 2.45) is 0 Å². The lowest BCUT2D eigenvalue weighted by Gasteiger charge is -2.21. The maximum Gasteiger partial charge on any atom is 0.305 e. The van der Waals surface area contributed by atoms with Gasteiger partial charge in [0.1, 0.15) is 16.9 Å². The summed E-state index contributed by atoms with van der Waals surface area (Å²) in [6.07, 6.45) is 2.24. The summed E-state index contributed by atoms with van der Waals surface area (Å²) in [5.41, 5.74) is -0.609. The van der Waals surface area contributed by atoms with Gasteiger partial charge in [0, 0.05) is 12.6 Å². The molecule has 0 saturated heterocycles. The van der Waals surface area contributed by atoms with Gasteiger partial charge in [-0.1, -0.05) is 11.6 Å². The molecule has 21 heavy (non-hydrogen) atoms. The molecule has 1 amide bonds. The molecule has 112 valence electrons. The number of carboxylic acid groups (broad SMARTS) is 1. The predicted molar refractivity (Wildman–Crippen MR) is 72.2 cm³/mol. The second kappa shape index (κ2) is 6.04. The number of nitrogens with zero attached hydrogens (tertiary/aromatic N) is 3. The summed E-state index contributed by atoms with van der Waals surface area (Å²) in [6.45, 7) is 0.00985. The molecule has 1 saturated carbocycles. The molecule has 0 bridgehead atoms. The van der Waals surface area contributed by atoms with Crippen LogP contribution in [-0.4, -0.2) is 44.4 Å². The number of aliphatic carboxylic acids is 1. The van der Waals surface area contributed by atoms with Crippen molar-refractivity contribution in [3.63, 3.8) is 0 Å². The fourth-order valence-corrected chi connectivity index (χ4v) is 2.10. The second-order valence-corrected chi connectivity index (χ2v) is 5.04. The molecule has 8 nitrogen and oxygen atoms in total. The molecule has 1 N–H and O–H groups in total. The Morgan fingerprint density at radius 1 is 1.52 bits per heavy atom. The van der Waals surface area contributed by atoms with Gasteiger partial charge in [0.2, 0.25) is 0 Å². The highest BCUT2D eigenvalue weighted by Crippen LogP contribution is 2.30. The highest BCUT2D eigenvalue weighted by molar-refractivity contribution is 6.29. The average Bonchev–Trinajstić information content (AvgIpc) is 3.22. The van der Waals surface area contributed by atoms with Crippen molar-refractivity contribution in [1.29, 1.82) is 0 Å². The van der Waals surface area contributed by atoms with Crippen LogP contribution in [0.5, 0.6) is 0 Å². The lowest BCUT2D eigenvalue weighted by molar-refractivity contribution is -0.385. The van der Waals surface area contributed by atoms with Crippen LogP contribution in [0.2, 0.25) is 5.15 Å². The maximum atomic E-state index is 12.5. The van der Waals surface area contributed by atoms with E-state index in [0.717, 1.165) is 25.1 Å². The molecule has 1 aliphatic carbocycles. The largest absolute Gasteiger partial charge is 0.481 e. The van der Waals surface area contributed by atoms with Gasteiger partial charge in [-0.3, -0.25) is 19.7 Å². The molecule has 1 heterocycles. The van der Waals surface area contributed by atoms with E-state index in [9.17, 15) is 19.7 Å². The number of rotatable bonds is 6. The van der Waals surface area contributed by atoms with Gasteiger partial charge < -0.3 is 10.0 Å². The standard InChI is InChI=1S/C12H12ClN3O5/c13-10-5-8(9(6-14-10)16(20)21)12(19)15(7-1-2-7)4-3-11(17)18/h5-7H,1-4H2,(H,17,18). The minimum Gasteiger partial charge on any atom is -0.481 e. The van der Waals surface area contributed by atoms with Crippen LogP contribution in [0.25, 0.3) is 0 Å². The molecular formula is C12H12ClN3O5. The maximum absolute atomic E-state index is 12.5. The first-order valence-corrected chi connectivity index (χ1v) is 6.60. The summed E-state index contributed by atoms with van der Waals surface area (Å²) < 4.78 is 0. The number of carbonyl (C=O) groups is 2. The van der Waals surface area contributed by atoms with Gasteiger partial charge in [-0.15, -0.1) is 0 Å². The molecule has 1 aromatic rings. The Kier molecular flexibility index (Phi) is 4.37. The molecule has 9 heteroatoms. The van der Waals surface area contributed by atoms with Crippen molar-refractivity contribution in [3.05, 3.63) is 33.1 Å². The van der Waals surface area contributed by atoms with Crippen LogP contribution >= 0.6 is 11.6 Å². The van der Waals surface area contributed by atoms with Gasteiger partial charge in [0.25, 0.3) is 11.6 Å². The number of nitro groups is 1. The van der Waals surface area contributed by atoms with E-state index in [0.29, 0.717) is 0 Å². The number of hydrogen-bond acceptors (Lipinski definition) is 5. The summed E-state index contributed by atoms with van der Waals surface area (Å²) in [5.74, 6) is -1.62. The van der Waals surface area contributed by atoms with E-state index in [1.807, 2.05) is 0 Å². The first-order chi connectivity index (χ1) is 9.90. The molecule has 1 fully saturated rings. The highest BCUT2D eigenvalue weighted by atomic mass is 35.5. The monoisotopic (exact) mass is 313 g/mol. The van der Waals surface area contributed by atoms with Crippen molar-refractivity contribution < 1.29 is 19.6 Å². The van der Waals surface area contributed by atoms with E-state index in [-0.39, 0.29) is 29.7 Å². The fraction of sp³-hybridized carbons (Fsp3) is 0.417. The van der Waals surface area contributed by atoms with Crippen molar-refractivity contribution >= 4 is 29.2 Å². The van der Waals surface area contributed by atoms with E-state index >= 15 is 0 Å². The van der Waals surface area contributed by atoms with Gasteiger partial charge in [-0.2, -0.15) is 0 Å². The van der Waals surface area contributed by atoms with Crippen LogP contribution in [0.3, 0.4) is 0 Å². The van der Waals surface area contributed by atoms with Gasteiger partial charge in [0.05, 0.1) is 11.3 Å². The first-order valence-electron chi connectivity index (χ1n) is 6.23. The topological polar surface area (TPSA) is 114 Å². The second-order valence-electron chi connectivity index (χ2n) is 4.65. The van der Waals surface area contributed by atoms with Gasteiger partial charge in [0.15, 0.2) is 0 Å².